The van der Waals surface area contributed by atoms with Gasteiger partial charge in [-0.25, -0.2) is 0 Å². The van der Waals surface area contributed by atoms with Crippen molar-refractivity contribution >= 4 is 45.7 Å². The van der Waals surface area contributed by atoms with Crippen molar-refractivity contribution < 1.29 is 9.59 Å². The molecule has 1 N–H and O–H groups in total. The Morgan fingerprint density at radius 1 is 1.16 bits per heavy atom. The number of rotatable bonds is 7. The van der Waals surface area contributed by atoms with Crippen LogP contribution in [0.15, 0.2) is 48.5 Å². The highest BCUT2D eigenvalue weighted by Gasteiger charge is 2.36. The molecule has 1 aliphatic heterocycles. The van der Waals surface area contributed by atoms with Crippen LogP contribution < -0.4 is 10.2 Å². The SMILES string of the molecule is Cc1ccc(C)c(N2CC(C(=O)Nc3nnc(CSCc4ccccc4)s3)CC2=O)c1. The van der Waals surface area contributed by atoms with Crippen LogP contribution >= 0.6 is 23.1 Å². The molecule has 31 heavy (non-hydrogen) atoms. The van der Waals surface area contributed by atoms with E-state index in [1.54, 1.807) is 16.7 Å². The quantitative estimate of drug-likeness (QED) is 0.568. The van der Waals surface area contributed by atoms with Crippen LogP contribution in [0, 0.1) is 19.8 Å². The lowest BCUT2D eigenvalue weighted by Gasteiger charge is -2.19. The van der Waals surface area contributed by atoms with Gasteiger partial charge in [-0.15, -0.1) is 22.0 Å². The minimum atomic E-state index is -0.396. The van der Waals surface area contributed by atoms with Crippen LogP contribution in [0.1, 0.15) is 28.1 Å². The van der Waals surface area contributed by atoms with E-state index in [0.717, 1.165) is 33.3 Å². The van der Waals surface area contributed by atoms with Gasteiger partial charge < -0.3 is 10.2 Å². The third-order valence-corrected chi connectivity index (χ3v) is 7.22. The number of carbonyl (C=O) groups excluding carboxylic acids is 2. The Balaban J connectivity index is 1.31. The Morgan fingerprint density at radius 3 is 2.77 bits per heavy atom. The van der Waals surface area contributed by atoms with Crippen molar-refractivity contribution in [3.8, 4) is 0 Å². The number of anilines is 2. The van der Waals surface area contributed by atoms with E-state index in [1.165, 1.54) is 16.9 Å². The molecule has 0 saturated carbocycles. The van der Waals surface area contributed by atoms with Crippen LogP contribution in [0.3, 0.4) is 0 Å². The average Bonchev–Trinajstić information content (AvgIpc) is 3.37. The van der Waals surface area contributed by atoms with Gasteiger partial charge in [0.05, 0.1) is 5.92 Å². The number of hydrogen-bond donors (Lipinski definition) is 1. The summed E-state index contributed by atoms with van der Waals surface area (Å²) in [6.45, 7) is 4.36. The molecule has 1 aromatic heterocycles. The van der Waals surface area contributed by atoms with Gasteiger partial charge in [-0.2, -0.15) is 0 Å². The topological polar surface area (TPSA) is 75.2 Å². The number of carbonyl (C=O) groups is 2. The molecular weight excluding hydrogens is 428 g/mol. The van der Waals surface area contributed by atoms with Crippen molar-refractivity contribution in [3.05, 3.63) is 70.2 Å². The van der Waals surface area contributed by atoms with Gasteiger partial charge in [-0.1, -0.05) is 53.8 Å². The van der Waals surface area contributed by atoms with Crippen LogP contribution in [0.5, 0.6) is 0 Å². The minimum absolute atomic E-state index is 0.0240. The van der Waals surface area contributed by atoms with E-state index in [2.05, 4.69) is 27.6 Å². The van der Waals surface area contributed by atoms with Gasteiger partial charge >= 0.3 is 0 Å². The summed E-state index contributed by atoms with van der Waals surface area (Å²) in [6.07, 6.45) is 0.206. The fourth-order valence-electron chi connectivity index (χ4n) is 3.53. The van der Waals surface area contributed by atoms with Gasteiger partial charge in [0.15, 0.2) is 0 Å². The normalized spacial score (nSPS) is 16.0. The smallest absolute Gasteiger partial charge is 0.231 e. The van der Waals surface area contributed by atoms with Crippen molar-refractivity contribution in [2.75, 3.05) is 16.8 Å². The molecule has 2 heterocycles. The van der Waals surface area contributed by atoms with Crippen molar-refractivity contribution in [1.29, 1.82) is 0 Å². The number of hydrogen-bond acceptors (Lipinski definition) is 6. The molecule has 1 fully saturated rings. The third kappa shape index (κ3) is 5.32. The molecule has 1 unspecified atom stereocenters. The summed E-state index contributed by atoms with van der Waals surface area (Å²) in [5.41, 5.74) is 4.27. The Kier molecular flexibility index (Phi) is 6.67. The zero-order valence-corrected chi connectivity index (χ0v) is 19.1. The largest absolute Gasteiger partial charge is 0.311 e. The van der Waals surface area contributed by atoms with E-state index in [-0.39, 0.29) is 18.2 Å². The summed E-state index contributed by atoms with van der Waals surface area (Å²) in [5, 5.41) is 12.5. The number of nitrogens with one attached hydrogen (secondary N) is 1. The first kappa shape index (κ1) is 21.5. The highest BCUT2D eigenvalue weighted by molar-refractivity contribution is 7.97. The molecule has 4 rings (SSSR count). The van der Waals surface area contributed by atoms with Gasteiger partial charge in [0.1, 0.15) is 5.01 Å². The van der Waals surface area contributed by atoms with E-state index < -0.39 is 5.92 Å². The molecule has 0 aliphatic carbocycles. The maximum Gasteiger partial charge on any atom is 0.231 e. The number of aromatic nitrogens is 2. The predicted molar refractivity (Wildman–Crippen MR) is 126 cm³/mol. The van der Waals surface area contributed by atoms with Crippen molar-refractivity contribution in [2.24, 2.45) is 5.92 Å². The van der Waals surface area contributed by atoms with Crippen LogP contribution in [0.4, 0.5) is 10.8 Å². The van der Waals surface area contributed by atoms with Gasteiger partial charge in [0.25, 0.3) is 0 Å². The number of aryl methyl sites for hydroxylation is 2. The average molecular weight is 453 g/mol. The molecule has 2 aromatic carbocycles. The summed E-state index contributed by atoms with van der Waals surface area (Å²) in [6, 6.07) is 16.3. The molecule has 1 atom stereocenters. The second kappa shape index (κ2) is 9.62. The molecule has 160 valence electrons. The first-order valence-corrected chi connectivity index (χ1v) is 12.1. The number of benzene rings is 2. The second-order valence-electron chi connectivity index (χ2n) is 7.66. The Morgan fingerprint density at radius 2 is 1.97 bits per heavy atom. The second-order valence-corrected chi connectivity index (χ2v) is 9.71. The highest BCUT2D eigenvalue weighted by Crippen LogP contribution is 2.30. The van der Waals surface area contributed by atoms with Crippen LogP contribution in [0.25, 0.3) is 0 Å². The fraction of sp³-hybridized carbons (Fsp3) is 0.304. The zero-order valence-electron chi connectivity index (χ0n) is 17.5. The standard InChI is InChI=1S/C23H24N4O2S2/c1-15-8-9-16(2)19(10-15)27-12-18(11-21(27)28)22(29)24-23-26-25-20(31-23)14-30-13-17-6-4-3-5-7-17/h3-10,18H,11-14H2,1-2H3,(H,24,26,29). The molecule has 6 nitrogen and oxygen atoms in total. The van der Waals surface area contributed by atoms with E-state index in [0.29, 0.717) is 11.7 Å². The number of thioether (sulfide) groups is 1. The van der Waals surface area contributed by atoms with E-state index >= 15 is 0 Å². The highest BCUT2D eigenvalue weighted by atomic mass is 32.2. The first-order chi connectivity index (χ1) is 15.0. The van der Waals surface area contributed by atoms with E-state index in [1.807, 2.05) is 50.2 Å². The minimum Gasteiger partial charge on any atom is -0.311 e. The van der Waals surface area contributed by atoms with Crippen molar-refractivity contribution in [2.45, 2.75) is 31.8 Å². The lowest BCUT2D eigenvalue weighted by atomic mass is 10.1. The number of amides is 2. The van der Waals surface area contributed by atoms with E-state index in [4.69, 9.17) is 0 Å². The first-order valence-electron chi connectivity index (χ1n) is 10.1. The molecule has 0 bridgehead atoms. The molecule has 3 aromatic rings. The predicted octanol–water partition coefficient (Wildman–Crippen LogP) is 4.58. The zero-order chi connectivity index (χ0) is 21.8. The molecule has 8 heteroatoms. The monoisotopic (exact) mass is 452 g/mol. The number of nitrogens with zero attached hydrogens (tertiary/aromatic N) is 3. The fourth-order valence-corrected chi connectivity index (χ4v) is 5.31. The lowest BCUT2D eigenvalue weighted by Crippen LogP contribution is -2.28. The third-order valence-electron chi connectivity index (χ3n) is 5.19. The lowest BCUT2D eigenvalue weighted by molar-refractivity contribution is -0.122. The molecule has 0 radical (unpaired) electrons. The Bertz CT molecular complexity index is 1080. The molecule has 0 spiro atoms. The summed E-state index contributed by atoms with van der Waals surface area (Å²) < 4.78 is 0. The Hall–Kier alpha value is -2.71. The molecule has 1 aliphatic rings. The maximum atomic E-state index is 12.7. The van der Waals surface area contributed by atoms with Crippen LogP contribution in [0.2, 0.25) is 0 Å². The molecule has 1 saturated heterocycles. The summed E-state index contributed by atoms with van der Waals surface area (Å²) in [7, 11) is 0. The van der Waals surface area contributed by atoms with Gasteiger partial charge in [-0.05, 0) is 36.6 Å². The molecular formula is C23H24N4O2S2. The van der Waals surface area contributed by atoms with Crippen molar-refractivity contribution in [1.82, 2.24) is 10.2 Å². The van der Waals surface area contributed by atoms with Gasteiger partial charge in [-0.3, -0.25) is 9.59 Å². The van der Waals surface area contributed by atoms with Crippen LogP contribution in [-0.4, -0.2) is 28.6 Å². The molecule has 2 amide bonds. The summed E-state index contributed by atoms with van der Waals surface area (Å²) >= 11 is 3.15. The Labute approximate surface area is 190 Å². The van der Waals surface area contributed by atoms with Crippen molar-refractivity contribution in [3.63, 3.8) is 0 Å². The maximum absolute atomic E-state index is 12.7. The van der Waals surface area contributed by atoms with E-state index in [9.17, 15) is 9.59 Å². The van der Waals surface area contributed by atoms with Crippen LogP contribution in [-0.2, 0) is 21.1 Å². The summed E-state index contributed by atoms with van der Waals surface area (Å²) in [4.78, 5) is 27.0. The van der Waals surface area contributed by atoms with Gasteiger partial charge in [0.2, 0.25) is 16.9 Å². The van der Waals surface area contributed by atoms with Gasteiger partial charge in [0, 0.05) is 30.2 Å². The summed E-state index contributed by atoms with van der Waals surface area (Å²) in [5.74, 6) is 1.04.